The van der Waals surface area contributed by atoms with E-state index in [1.807, 2.05) is 18.4 Å². The SMILES string of the molecule is COc1ccc(-c2noc(COC(=O)/C=C/c3sccc3C)n2)cc1OC. The Balaban J connectivity index is 1.62. The Bertz CT molecular complexity index is 961. The number of carbonyl (C=O) groups excluding carboxylic acids is 1. The van der Waals surface area contributed by atoms with Crippen LogP contribution in [0, 0.1) is 6.92 Å². The molecule has 7 nitrogen and oxygen atoms in total. The first kappa shape index (κ1) is 18.7. The highest BCUT2D eigenvalue weighted by atomic mass is 32.1. The molecular weight excluding hydrogens is 368 g/mol. The van der Waals surface area contributed by atoms with E-state index in [0.29, 0.717) is 22.9 Å². The largest absolute Gasteiger partial charge is 0.493 e. The Morgan fingerprint density at radius 2 is 2.04 bits per heavy atom. The summed E-state index contributed by atoms with van der Waals surface area (Å²) in [6.07, 6.45) is 3.11. The second-order valence-electron chi connectivity index (χ2n) is 5.49. The highest BCUT2D eigenvalue weighted by molar-refractivity contribution is 7.11. The lowest BCUT2D eigenvalue weighted by Crippen LogP contribution is -2.00. The zero-order chi connectivity index (χ0) is 19.2. The summed E-state index contributed by atoms with van der Waals surface area (Å²) in [6.45, 7) is 1.88. The molecule has 2 aromatic heterocycles. The van der Waals surface area contributed by atoms with E-state index in [0.717, 1.165) is 10.4 Å². The van der Waals surface area contributed by atoms with Gasteiger partial charge in [-0.25, -0.2) is 4.79 Å². The maximum atomic E-state index is 11.8. The number of hydrogen-bond donors (Lipinski definition) is 0. The fraction of sp³-hybridized carbons (Fsp3) is 0.211. The summed E-state index contributed by atoms with van der Waals surface area (Å²) in [4.78, 5) is 17.1. The van der Waals surface area contributed by atoms with Crippen molar-refractivity contribution >= 4 is 23.4 Å². The topological polar surface area (TPSA) is 83.7 Å². The van der Waals surface area contributed by atoms with E-state index >= 15 is 0 Å². The molecule has 3 aromatic rings. The van der Waals surface area contributed by atoms with Gasteiger partial charge in [0.25, 0.3) is 5.89 Å². The molecule has 0 amide bonds. The Kier molecular flexibility index (Phi) is 5.87. The van der Waals surface area contributed by atoms with E-state index in [1.54, 1.807) is 49.8 Å². The zero-order valence-electron chi connectivity index (χ0n) is 15.1. The van der Waals surface area contributed by atoms with Crippen molar-refractivity contribution in [1.82, 2.24) is 10.1 Å². The van der Waals surface area contributed by atoms with Crippen LogP contribution in [0.15, 0.2) is 40.2 Å². The molecule has 0 radical (unpaired) electrons. The van der Waals surface area contributed by atoms with Crippen LogP contribution >= 0.6 is 11.3 Å². The number of methoxy groups -OCH3 is 2. The van der Waals surface area contributed by atoms with Crippen molar-refractivity contribution < 1.29 is 23.5 Å². The molecule has 140 valence electrons. The molecule has 0 saturated heterocycles. The van der Waals surface area contributed by atoms with Crippen LogP contribution in [0.4, 0.5) is 0 Å². The van der Waals surface area contributed by atoms with Crippen LogP contribution in [0.2, 0.25) is 0 Å². The lowest BCUT2D eigenvalue weighted by atomic mass is 10.2. The highest BCUT2D eigenvalue weighted by Gasteiger charge is 2.13. The van der Waals surface area contributed by atoms with Crippen LogP contribution in [0.5, 0.6) is 11.5 Å². The number of aryl methyl sites for hydroxylation is 1. The minimum absolute atomic E-state index is 0.104. The molecule has 1 aromatic carbocycles. The van der Waals surface area contributed by atoms with Gasteiger partial charge in [-0.2, -0.15) is 4.98 Å². The van der Waals surface area contributed by atoms with E-state index < -0.39 is 5.97 Å². The molecule has 0 bridgehead atoms. The van der Waals surface area contributed by atoms with Crippen LogP contribution < -0.4 is 9.47 Å². The Morgan fingerprint density at radius 1 is 1.22 bits per heavy atom. The Labute approximate surface area is 160 Å². The van der Waals surface area contributed by atoms with Crippen molar-refractivity contribution in [3.8, 4) is 22.9 Å². The minimum Gasteiger partial charge on any atom is -0.493 e. The second-order valence-corrected chi connectivity index (χ2v) is 6.44. The molecule has 0 spiro atoms. The van der Waals surface area contributed by atoms with Gasteiger partial charge in [-0.05, 0) is 48.2 Å². The number of carbonyl (C=O) groups is 1. The zero-order valence-corrected chi connectivity index (χ0v) is 15.9. The summed E-state index contributed by atoms with van der Waals surface area (Å²) in [7, 11) is 3.11. The number of benzene rings is 1. The maximum absolute atomic E-state index is 11.8. The first-order valence-corrected chi connectivity index (χ1v) is 8.92. The van der Waals surface area contributed by atoms with Gasteiger partial charge in [0.15, 0.2) is 18.1 Å². The van der Waals surface area contributed by atoms with Crippen molar-refractivity contribution in [2.24, 2.45) is 0 Å². The second kappa shape index (κ2) is 8.50. The summed E-state index contributed by atoms with van der Waals surface area (Å²) in [6, 6.07) is 7.27. The van der Waals surface area contributed by atoms with E-state index in [2.05, 4.69) is 10.1 Å². The van der Waals surface area contributed by atoms with Gasteiger partial charge in [0, 0.05) is 16.5 Å². The number of thiophene rings is 1. The maximum Gasteiger partial charge on any atom is 0.331 e. The fourth-order valence-electron chi connectivity index (χ4n) is 2.29. The molecule has 0 unspecified atom stereocenters. The predicted molar refractivity (Wildman–Crippen MR) is 101 cm³/mol. The third kappa shape index (κ3) is 4.53. The van der Waals surface area contributed by atoms with E-state index in [1.165, 1.54) is 6.08 Å². The lowest BCUT2D eigenvalue weighted by Gasteiger charge is -2.07. The van der Waals surface area contributed by atoms with Crippen molar-refractivity contribution in [2.45, 2.75) is 13.5 Å². The molecule has 0 aliphatic rings. The average molecular weight is 386 g/mol. The van der Waals surface area contributed by atoms with E-state index in [-0.39, 0.29) is 12.5 Å². The molecule has 0 saturated carbocycles. The van der Waals surface area contributed by atoms with Crippen LogP contribution in [-0.4, -0.2) is 30.3 Å². The summed E-state index contributed by atoms with van der Waals surface area (Å²) in [5, 5.41) is 5.87. The van der Waals surface area contributed by atoms with Gasteiger partial charge in [-0.1, -0.05) is 5.16 Å². The van der Waals surface area contributed by atoms with Gasteiger partial charge in [-0.3, -0.25) is 0 Å². The van der Waals surface area contributed by atoms with Gasteiger partial charge < -0.3 is 18.7 Å². The Morgan fingerprint density at radius 3 is 2.74 bits per heavy atom. The molecule has 0 aliphatic heterocycles. The van der Waals surface area contributed by atoms with Crippen LogP contribution in [0.3, 0.4) is 0 Å². The third-order valence-corrected chi connectivity index (χ3v) is 4.70. The van der Waals surface area contributed by atoms with Gasteiger partial charge in [0.2, 0.25) is 5.82 Å². The summed E-state index contributed by atoms with van der Waals surface area (Å²) in [5.74, 6) is 1.25. The molecule has 3 rings (SSSR count). The smallest absolute Gasteiger partial charge is 0.331 e. The van der Waals surface area contributed by atoms with E-state index in [4.69, 9.17) is 18.7 Å². The number of nitrogens with zero attached hydrogens (tertiary/aromatic N) is 2. The minimum atomic E-state index is -0.478. The normalized spacial score (nSPS) is 10.9. The standard InChI is InChI=1S/C19H18N2O5S/c1-12-8-9-27-16(12)6-7-18(22)25-11-17-20-19(21-26-17)13-4-5-14(23-2)15(10-13)24-3/h4-10H,11H2,1-3H3/b7-6+. The summed E-state index contributed by atoms with van der Waals surface area (Å²) in [5.41, 5.74) is 1.81. The first-order chi connectivity index (χ1) is 13.1. The molecule has 0 aliphatic carbocycles. The highest BCUT2D eigenvalue weighted by Crippen LogP contribution is 2.31. The third-order valence-electron chi connectivity index (χ3n) is 3.72. The van der Waals surface area contributed by atoms with Crippen molar-refractivity contribution in [3.05, 3.63) is 52.1 Å². The number of rotatable bonds is 7. The summed E-state index contributed by atoms with van der Waals surface area (Å²) >= 11 is 1.56. The number of ether oxygens (including phenoxy) is 3. The summed E-state index contributed by atoms with van der Waals surface area (Å²) < 4.78 is 20.7. The quantitative estimate of drug-likeness (QED) is 0.450. The number of esters is 1. The van der Waals surface area contributed by atoms with Gasteiger partial charge in [0.1, 0.15) is 0 Å². The van der Waals surface area contributed by atoms with Crippen molar-refractivity contribution in [1.29, 1.82) is 0 Å². The lowest BCUT2D eigenvalue weighted by molar-refractivity contribution is -0.139. The van der Waals surface area contributed by atoms with Crippen molar-refractivity contribution in [2.75, 3.05) is 14.2 Å². The average Bonchev–Trinajstić information content (AvgIpc) is 3.33. The molecule has 8 heteroatoms. The van der Waals surface area contributed by atoms with Crippen LogP contribution in [-0.2, 0) is 16.1 Å². The first-order valence-electron chi connectivity index (χ1n) is 8.04. The Hall–Kier alpha value is -3.13. The number of hydrogen-bond acceptors (Lipinski definition) is 8. The van der Waals surface area contributed by atoms with Crippen LogP contribution in [0.1, 0.15) is 16.3 Å². The van der Waals surface area contributed by atoms with Crippen molar-refractivity contribution in [3.63, 3.8) is 0 Å². The molecular formula is C19H18N2O5S. The van der Waals surface area contributed by atoms with Crippen LogP contribution in [0.25, 0.3) is 17.5 Å². The van der Waals surface area contributed by atoms with Gasteiger partial charge >= 0.3 is 5.97 Å². The number of aromatic nitrogens is 2. The van der Waals surface area contributed by atoms with Gasteiger partial charge in [-0.15, -0.1) is 11.3 Å². The molecule has 0 N–H and O–H groups in total. The fourth-order valence-corrected chi connectivity index (χ4v) is 3.11. The molecule has 0 atom stereocenters. The monoisotopic (exact) mass is 386 g/mol. The van der Waals surface area contributed by atoms with E-state index in [9.17, 15) is 4.79 Å². The molecule has 0 fully saturated rings. The molecule has 27 heavy (non-hydrogen) atoms. The molecule has 2 heterocycles. The van der Waals surface area contributed by atoms with Gasteiger partial charge in [0.05, 0.1) is 14.2 Å². The predicted octanol–water partition coefficient (Wildman–Crippen LogP) is 3.88.